The molecule has 0 spiro atoms. The molecule has 2 heterocycles. The molecule has 0 saturated carbocycles. The summed E-state index contributed by atoms with van der Waals surface area (Å²) in [6.07, 6.45) is 2.71. The van der Waals surface area contributed by atoms with E-state index in [0.29, 0.717) is 4.77 Å². The molecule has 6 heteroatoms. The van der Waals surface area contributed by atoms with E-state index < -0.39 is 0 Å². The Bertz CT molecular complexity index is 718. The van der Waals surface area contributed by atoms with E-state index in [1.807, 2.05) is 27.7 Å². The van der Waals surface area contributed by atoms with Gasteiger partial charge in [-0.05, 0) is 36.7 Å². The van der Waals surface area contributed by atoms with Crippen molar-refractivity contribution >= 4 is 23.8 Å². The molecule has 1 N–H and O–H groups in total. The summed E-state index contributed by atoms with van der Waals surface area (Å²) in [5.41, 5.74) is 2.25. The first-order valence-electron chi connectivity index (χ1n) is 7.23. The number of para-hydroxylation sites is 1. The third kappa shape index (κ3) is 2.63. The van der Waals surface area contributed by atoms with E-state index in [9.17, 15) is 4.79 Å². The van der Waals surface area contributed by atoms with Crippen LogP contribution >= 0.6 is 12.2 Å². The Balaban J connectivity index is 1.82. The Hall–Kier alpha value is -1.95. The lowest BCUT2D eigenvalue weighted by molar-refractivity contribution is -0.119. The Morgan fingerprint density at radius 3 is 3.05 bits per heavy atom. The number of fused-ring (bicyclic) bond motifs is 1. The fourth-order valence-corrected chi connectivity index (χ4v) is 2.96. The zero-order valence-corrected chi connectivity index (χ0v) is 12.8. The first-order valence-corrected chi connectivity index (χ1v) is 7.64. The van der Waals surface area contributed by atoms with Gasteiger partial charge < -0.3 is 4.90 Å². The average molecular weight is 302 g/mol. The zero-order valence-electron chi connectivity index (χ0n) is 12.0. The summed E-state index contributed by atoms with van der Waals surface area (Å²) in [7, 11) is 0. The van der Waals surface area contributed by atoms with Crippen LogP contribution < -0.4 is 4.90 Å². The summed E-state index contributed by atoms with van der Waals surface area (Å²) < 4.78 is 2.32. The molecule has 0 atom stereocenters. The van der Waals surface area contributed by atoms with Crippen LogP contribution in [0.1, 0.15) is 24.7 Å². The summed E-state index contributed by atoms with van der Waals surface area (Å²) in [5, 5.41) is 6.99. The van der Waals surface area contributed by atoms with E-state index in [0.717, 1.165) is 37.3 Å². The number of amides is 1. The monoisotopic (exact) mass is 302 g/mol. The van der Waals surface area contributed by atoms with Crippen LogP contribution in [0, 0.1) is 4.77 Å². The van der Waals surface area contributed by atoms with Gasteiger partial charge in [0.2, 0.25) is 5.91 Å². The van der Waals surface area contributed by atoms with E-state index in [4.69, 9.17) is 12.2 Å². The van der Waals surface area contributed by atoms with Crippen molar-refractivity contribution in [3.63, 3.8) is 0 Å². The predicted molar refractivity (Wildman–Crippen MR) is 83.9 cm³/mol. The highest BCUT2D eigenvalue weighted by atomic mass is 32.1. The lowest BCUT2D eigenvalue weighted by Crippen LogP contribution is -2.32. The van der Waals surface area contributed by atoms with Gasteiger partial charge in [0.05, 0.1) is 0 Å². The summed E-state index contributed by atoms with van der Waals surface area (Å²) in [5.74, 6) is 0.915. The molecule has 0 bridgehead atoms. The number of aromatic nitrogens is 3. The molecule has 0 radical (unpaired) electrons. The maximum absolute atomic E-state index is 12.6. The van der Waals surface area contributed by atoms with Crippen molar-refractivity contribution in [1.29, 1.82) is 0 Å². The molecule has 1 amide bonds. The maximum atomic E-state index is 12.6. The van der Waals surface area contributed by atoms with Crippen LogP contribution in [0.4, 0.5) is 5.69 Å². The Kier molecular flexibility index (Phi) is 3.88. The third-order valence-corrected chi connectivity index (χ3v) is 4.10. The number of carbonyl (C=O) groups excluding carboxylic acids is 1. The topological polar surface area (TPSA) is 53.9 Å². The molecule has 3 rings (SSSR count). The fourth-order valence-electron chi connectivity index (χ4n) is 2.75. The van der Waals surface area contributed by atoms with E-state index in [1.54, 1.807) is 0 Å². The van der Waals surface area contributed by atoms with Crippen LogP contribution in [-0.4, -0.2) is 27.2 Å². The minimum atomic E-state index is 0.0646. The highest BCUT2D eigenvalue weighted by molar-refractivity contribution is 7.71. The molecule has 2 aromatic rings. The molecule has 1 aliphatic heterocycles. The van der Waals surface area contributed by atoms with Crippen molar-refractivity contribution in [2.75, 3.05) is 11.4 Å². The maximum Gasteiger partial charge on any atom is 0.247 e. The Labute approximate surface area is 128 Å². The molecule has 0 saturated heterocycles. The smallest absolute Gasteiger partial charge is 0.247 e. The van der Waals surface area contributed by atoms with Gasteiger partial charge in [-0.3, -0.25) is 14.5 Å². The quantitative estimate of drug-likeness (QED) is 0.883. The Morgan fingerprint density at radius 2 is 2.24 bits per heavy atom. The third-order valence-electron chi connectivity index (χ3n) is 3.79. The number of carbonyl (C=O) groups is 1. The molecule has 0 unspecified atom stereocenters. The second-order valence-corrected chi connectivity index (χ2v) is 5.59. The summed E-state index contributed by atoms with van der Waals surface area (Å²) in [6.45, 7) is 3.08. The van der Waals surface area contributed by atoms with Crippen molar-refractivity contribution in [3.8, 4) is 0 Å². The van der Waals surface area contributed by atoms with Gasteiger partial charge in [-0.15, -0.1) is 0 Å². The highest BCUT2D eigenvalue weighted by Gasteiger charge is 2.24. The predicted octanol–water partition coefficient (Wildman–Crippen LogP) is 2.48. The summed E-state index contributed by atoms with van der Waals surface area (Å²) >= 11 is 5.23. The molecule has 1 aromatic heterocycles. The summed E-state index contributed by atoms with van der Waals surface area (Å²) in [4.78, 5) is 14.4. The minimum Gasteiger partial charge on any atom is -0.310 e. The zero-order chi connectivity index (χ0) is 14.8. The van der Waals surface area contributed by atoms with Crippen LogP contribution in [0.3, 0.4) is 0 Å². The van der Waals surface area contributed by atoms with Gasteiger partial charge in [0.15, 0.2) is 4.77 Å². The van der Waals surface area contributed by atoms with Crippen molar-refractivity contribution in [2.45, 2.75) is 32.7 Å². The van der Waals surface area contributed by atoms with Gasteiger partial charge in [-0.1, -0.05) is 25.1 Å². The molecule has 0 aliphatic carbocycles. The number of hydrogen-bond acceptors (Lipinski definition) is 3. The van der Waals surface area contributed by atoms with Crippen LogP contribution in [-0.2, 0) is 24.2 Å². The van der Waals surface area contributed by atoms with E-state index in [2.05, 4.69) is 23.2 Å². The van der Waals surface area contributed by atoms with E-state index >= 15 is 0 Å². The van der Waals surface area contributed by atoms with E-state index in [1.165, 1.54) is 5.56 Å². The second kappa shape index (κ2) is 5.81. The highest BCUT2D eigenvalue weighted by Crippen LogP contribution is 2.27. The standard InChI is InChI=1S/C15H18N4OS/c1-2-5-13-16-17-15(21)19(13)10-14(20)18-9-8-11-6-3-4-7-12(11)18/h3-4,6-7H,2,5,8-10H2,1H3,(H,17,21). The van der Waals surface area contributed by atoms with Gasteiger partial charge in [-0.25, -0.2) is 0 Å². The van der Waals surface area contributed by atoms with Crippen molar-refractivity contribution < 1.29 is 4.79 Å². The van der Waals surface area contributed by atoms with Gasteiger partial charge >= 0.3 is 0 Å². The molecule has 110 valence electrons. The SMILES string of the molecule is CCCc1n[nH]c(=S)n1CC(=O)N1CCc2ccccc21. The van der Waals surface area contributed by atoms with Crippen molar-refractivity contribution in [2.24, 2.45) is 0 Å². The number of hydrogen-bond donors (Lipinski definition) is 1. The normalized spacial score (nSPS) is 13.5. The largest absolute Gasteiger partial charge is 0.310 e. The first-order chi connectivity index (χ1) is 10.2. The number of rotatable bonds is 4. The molecule has 0 fully saturated rings. The number of nitrogens with zero attached hydrogens (tertiary/aromatic N) is 3. The van der Waals surface area contributed by atoms with Gasteiger partial charge in [0.1, 0.15) is 12.4 Å². The number of anilines is 1. The lowest BCUT2D eigenvalue weighted by Gasteiger charge is -2.18. The number of H-pyrrole nitrogens is 1. The van der Waals surface area contributed by atoms with Crippen molar-refractivity contribution in [3.05, 3.63) is 40.4 Å². The van der Waals surface area contributed by atoms with Crippen LogP contribution in [0.5, 0.6) is 0 Å². The van der Waals surface area contributed by atoms with Gasteiger partial charge in [-0.2, -0.15) is 5.10 Å². The number of aromatic amines is 1. The van der Waals surface area contributed by atoms with Gasteiger partial charge in [0.25, 0.3) is 0 Å². The minimum absolute atomic E-state index is 0.0646. The summed E-state index contributed by atoms with van der Waals surface area (Å²) in [6, 6.07) is 8.06. The number of nitrogens with one attached hydrogen (secondary N) is 1. The molecule has 1 aromatic carbocycles. The van der Waals surface area contributed by atoms with Gasteiger partial charge in [0, 0.05) is 18.7 Å². The molecule has 21 heavy (non-hydrogen) atoms. The van der Waals surface area contributed by atoms with Crippen LogP contribution in [0.2, 0.25) is 0 Å². The first kappa shape index (κ1) is 14.0. The lowest BCUT2D eigenvalue weighted by atomic mass is 10.2. The second-order valence-electron chi connectivity index (χ2n) is 5.21. The van der Waals surface area contributed by atoms with Crippen LogP contribution in [0.15, 0.2) is 24.3 Å². The molecule has 5 nitrogen and oxygen atoms in total. The van der Waals surface area contributed by atoms with E-state index in [-0.39, 0.29) is 12.5 Å². The fraction of sp³-hybridized carbons (Fsp3) is 0.400. The Morgan fingerprint density at radius 1 is 1.43 bits per heavy atom. The molecular formula is C15H18N4OS. The number of benzene rings is 1. The average Bonchev–Trinajstić information content (AvgIpc) is 3.06. The number of aryl methyl sites for hydroxylation is 1. The van der Waals surface area contributed by atoms with Crippen LogP contribution in [0.25, 0.3) is 0 Å². The molecular weight excluding hydrogens is 284 g/mol. The van der Waals surface area contributed by atoms with Crippen molar-refractivity contribution in [1.82, 2.24) is 14.8 Å². The molecule has 1 aliphatic rings.